The second-order valence-corrected chi connectivity index (χ2v) is 4.13. The zero-order valence-electron chi connectivity index (χ0n) is 9.13. The minimum atomic E-state index is 0.366. The lowest BCUT2D eigenvalue weighted by Crippen LogP contribution is -1.75. The van der Waals surface area contributed by atoms with Gasteiger partial charge in [0.1, 0.15) is 0 Å². The van der Waals surface area contributed by atoms with Crippen molar-refractivity contribution in [3.05, 3.63) is 48.0 Å². The van der Waals surface area contributed by atoms with Crippen LogP contribution in [-0.2, 0) is 0 Å². The molecule has 0 bridgehead atoms. The summed E-state index contributed by atoms with van der Waals surface area (Å²) < 4.78 is 0. The summed E-state index contributed by atoms with van der Waals surface area (Å²) in [6.07, 6.45) is 0. The van der Waals surface area contributed by atoms with Gasteiger partial charge in [-0.1, -0.05) is 36.1 Å². The van der Waals surface area contributed by atoms with E-state index >= 15 is 0 Å². The maximum atomic E-state index is 5.55. The summed E-state index contributed by atoms with van der Waals surface area (Å²) in [5.74, 6) is 6.26. The molecule has 0 amide bonds. The molecule has 0 aliphatic carbocycles. The number of halogens is 1. The van der Waals surface area contributed by atoms with Crippen molar-refractivity contribution in [2.45, 2.75) is 0 Å². The van der Waals surface area contributed by atoms with Crippen molar-refractivity contribution in [1.82, 2.24) is 4.98 Å². The number of para-hydroxylation sites is 1. The first-order valence-electron chi connectivity index (χ1n) is 5.44. The Hall–Kier alpha value is -1.91. The summed E-state index contributed by atoms with van der Waals surface area (Å²) in [4.78, 5) is 3.39. The Morgan fingerprint density at radius 3 is 2.71 bits per heavy atom. The van der Waals surface area contributed by atoms with Gasteiger partial charge in [-0.2, -0.15) is 0 Å². The summed E-state index contributed by atoms with van der Waals surface area (Å²) >= 11 is 5.55. The van der Waals surface area contributed by atoms with E-state index in [-0.39, 0.29) is 0 Å². The Bertz CT molecular complexity index is 744. The number of hydrogen-bond acceptors (Lipinski definition) is 0. The van der Waals surface area contributed by atoms with Crippen LogP contribution >= 0.6 is 11.6 Å². The van der Waals surface area contributed by atoms with Crippen LogP contribution in [0.15, 0.2) is 42.5 Å². The van der Waals surface area contributed by atoms with Crippen LogP contribution in [0.2, 0.25) is 0 Å². The quantitative estimate of drug-likeness (QED) is 0.452. The summed E-state index contributed by atoms with van der Waals surface area (Å²) in [6, 6.07) is 14.5. The molecule has 0 spiro atoms. The van der Waals surface area contributed by atoms with E-state index in [1.807, 2.05) is 12.1 Å². The molecule has 0 aliphatic heterocycles. The highest BCUT2D eigenvalue weighted by atomic mass is 35.5. The Balaban J connectivity index is 2.26. The lowest BCUT2D eigenvalue weighted by molar-refractivity contribution is 1.54. The van der Waals surface area contributed by atoms with E-state index in [4.69, 9.17) is 11.6 Å². The molecule has 0 unspecified atom stereocenters. The fourth-order valence-corrected chi connectivity index (χ4v) is 2.13. The molecule has 1 aromatic heterocycles. The molecule has 0 saturated carbocycles. The number of aromatic nitrogens is 1. The lowest BCUT2D eigenvalue weighted by Gasteiger charge is -1.92. The van der Waals surface area contributed by atoms with Crippen LogP contribution < -0.4 is 0 Å². The fraction of sp³-hybridized carbons (Fsp3) is 0.0667. The van der Waals surface area contributed by atoms with Gasteiger partial charge in [0, 0.05) is 27.4 Å². The fourth-order valence-electron chi connectivity index (χ4n) is 2.07. The average molecular weight is 240 g/mol. The molecule has 3 rings (SSSR count). The first kappa shape index (κ1) is 10.3. The molecule has 1 N–H and O–H groups in total. The van der Waals surface area contributed by atoms with Gasteiger partial charge in [-0.15, -0.1) is 11.6 Å². The summed E-state index contributed by atoms with van der Waals surface area (Å²) in [6.45, 7) is 0. The maximum Gasteiger partial charge on any atom is 0.0839 e. The number of fused-ring (bicyclic) bond motifs is 3. The first-order chi connectivity index (χ1) is 8.38. The van der Waals surface area contributed by atoms with Crippen LogP contribution in [-0.4, -0.2) is 10.9 Å². The molecule has 1 nitrogen and oxygen atoms in total. The van der Waals surface area contributed by atoms with E-state index in [9.17, 15) is 0 Å². The highest BCUT2D eigenvalue weighted by Gasteiger charge is 2.02. The van der Waals surface area contributed by atoms with E-state index in [0.29, 0.717) is 5.88 Å². The van der Waals surface area contributed by atoms with Gasteiger partial charge in [0.15, 0.2) is 0 Å². The molecule has 2 aromatic carbocycles. The Morgan fingerprint density at radius 1 is 1.00 bits per heavy atom. The van der Waals surface area contributed by atoms with Gasteiger partial charge in [0.25, 0.3) is 0 Å². The number of nitrogens with one attached hydrogen (secondary N) is 1. The Morgan fingerprint density at radius 2 is 1.82 bits per heavy atom. The van der Waals surface area contributed by atoms with E-state index in [2.05, 4.69) is 47.2 Å². The number of aromatic amines is 1. The largest absolute Gasteiger partial charge is 0.354 e. The van der Waals surface area contributed by atoms with E-state index in [0.717, 1.165) is 16.6 Å². The van der Waals surface area contributed by atoms with Gasteiger partial charge in [-0.3, -0.25) is 0 Å². The van der Waals surface area contributed by atoms with Crippen LogP contribution in [0.1, 0.15) is 5.56 Å². The van der Waals surface area contributed by atoms with Crippen molar-refractivity contribution in [2.75, 3.05) is 5.88 Å². The minimum absolute atomic E-state index is 0.366. The van der Waals surface area contributed by atoms with E-state index < -0.39 is 0 Å². The summed E-state index contributed by atoms with van der Waals surface area (Å²) in [5.41, 5.74) is 3.27. The number of alkyl halides is 1. The van der Waals surface area contributed by atoms with Crippen molar-refractivity contribution in [1.29, 1.82) is 0 Å². The molecular weight excluding hydrogens is 230 g/mol. The highest BCUT2D eigenvalue weighted by molar-refractivity contribution is 6.19. The normalized spacial score (nSPS) is 10.4. The van der Waals surface area contributed by atoms with Crippen LogP contribution in [0.25, 0.3) is 21.8 Å². The molecule has 0 radical (unpaired) electrons. The van der Waals surface area contributed by atoms with E-state index in [1.165, 1.54) is 10.8 Å². The van der Waals surface area contributed by atoms with E-state index in [1.54, 1.807) is 0 Å². The van der Waals surface area contributed by atoms with Gasteiger partial charge in [-0.05, 0) is 18.2 Å². The lowest BCUT2D eigenvalue weighted by atomic mass is 10.1. The topological polar surface area (TPSA) is 15.8 Å². The molecule has 82 valence electrons. The van der Waals surface area contributed by atoms with Crippen molar-refractivity contribution in [2.24, 2.45) is 0 Å². The third kappa shape index (κ3) is 1.77. The van der Waals surface area contributed by atoms with Gasteiger partial charge < -0.3 is 4.98 Å². The third-order valence-corrected chi connectivity index (χ3v) is 2.94. The number of H-pyrrole nitrogens is 1. The molecule has 0 saturated heterocycles. The molecule has 0 fully saturated rings. The zero-order valence-corrected chi connectivity index (χ0v) is 9.88. The van der Waals surface area contributed by atoms with Gasteiger partial charge in [0.05, 0.1) is 5.88 Å². The van der Waals surface area contributed by atoms with Gasteiger partial charge in [-0.25, -0.2) is 0 Å². The molecule has 0 atom stereocenters. The summed E-state index contributed by atoms with van der Waals surface area (Å²) in [7, 11) is 0. The van der Waals surface area contributed by atoms with Crippen molar-refractivity contribution >= 4 is 33.4 Å². The maximum absolute atomic E-state index is 5.55. The number of benzene rings is 2. The predicted molar refractivity (Wildman–Crippen MR) is 73.4 cm³/mol. The second-order valence-electron chi connectivity index (χ2n) is 3.87. The SMILES string of the molecule is ClCC#Cc1ccc2c(c1)[nH]c1ccccc12. The molecule has 0 aliphatic rings. The molecular formula is C15H10ClN. The Labute approximate surface area is 104 Å². The van der Waals surface area contributed by atoms with Crippen LogP contribution in [0.5, 0.6) is 0 Å². The van der Waals surface area contributed by atoms with Crippen LogP contribution in [0, 0.1) is 11.8 Å². The number of rotatable bonds is 0. The average Bonchev–Trinajstić information content (AvgIpc) is 2.74. The van der Waals surface area contributed by atoms with Crippen LogP contribution in [0.4, 0.5) is 0 Å². The zero-order chi connectivity index (χ0) is 11.7. The monoisotopic (exact) mass is 239 g/mol. The van der Waals surface area contributed by atoms with Crippen molar-refractivity contribution < 1.29 is 0 Å². The second kappa shape index (κ2) is 4.16. The van der Waals surface area contributed by atoms with Crippen molar-refractivity contribution in [3.8, 4) is 11.8 Å². The van der Waals surface area contributed by atoms with Gasteiger partial charge >= 0.3 is 0 Å². The smallest absolute Gasteiger partial charge is 0.0839 e. The third-order valence-electron chi connectivity index (χ3n) is 2.81. The molecule has 1 heterocycles. The van der Waals surface area contributed by atoms with Crippen LogP contribution in [0.3, 0.4) is 0 Å². The van der Waals surface area contributed by atoms with Gasteiger partial charge in [0.2, 0.25) is 0 Å². The molecule has 17 heavy (non-hydrogen) atoms. The Kier molecular flexibility index (Phi) is 2.51. The van der Waals surface area contributed by atoms with Crippen molar-refractivity contribution in [3.63, 3.8) is 0 Å². The minimum Gasteiger partial charge on any atom is -0.354 e. The number of hydrogen-bond donors (Lipinski definition) is 1. The first-order valence-corrected chi connectivity index (χ1v) is 5.97. The highest BCUT2D eigenvalue weighted by Crippen LogP contribution is 2.25. The molecule has 3 aromatic rings. The molecule has 2 heteroatoms. The standard InChI is InChI=1S/C15H10ClN/c16-9-3-4-11-7-8-13-12-5-1-2-6-14(12)17-15(13)10-11/h1-2,5-8,10,17H,9H2. The predicted octanol–water partition coefficient (Wildman–Crippen LogP) is 3.91. The summed E-state index contributed by atoms with van der Waals surface area (Å²) in [5, 5.41) is 2.48.